The van der Waals surface area contributed by atoms with Crippen molar-refractivity contribution in [3.8, 4) is 0 Å². The van der Waals surface area contributed by atoms with E-state index < -0.39 is 0 Å². The van der Waals surface area contributed by atoms with E-state index >= 15 is 0 Å². The molecular weight excluding hydrogens is 345 g/mol. The fraction of sp³-hybridized carbons (Fsp3) is 0.769. The minimum absolute atomic E-state index is 0.104. The van der Waals surface area contributed by atoms with E-state index in [0.29, 0.717) is 22.6 Å². The lowest BCUT2D eigenvalue weighted by Crippen LogP contribution is -2.54. The van der Waals surface area contributed by atoms with Crippen LogP contribution in [0.25, 0.3) is 0 Å². The second kappa shape index (κ2) is 6.74. The van der Waals surface area contributed by atoms with Crippen LogP contribution in [0.1, 0.15) is 78.6 Å². The third-order valence-corrected chi connectivity index (χ3v) is 10.1. The van der Waals surface area contributed by atoms with E-state index in [4.69, 9.17) is 0 Å². The number of fused-ring (bicyclic) bond motifs is 5. The van der Waals surface area contributed by atoms with Crippen LogP contribution in [0, 0.1) is 46.2 Å². The molecule has 4 aliphatic rings. The Bertz CT molecular complexity index is 731. The van der Waals surface area contributed by atoms with Gasteiger partial charge in [-0.2, -0.15) is 0 Å². The Morgan fingerprint density at radius 3 is 2.46 bits per heavy atom. The molecule has 4 saturated carbocycles. The fourth-order valence-electron chi connectivity index (χ4n) is 8.48. The summed E-state index contributed by atoms with van der Waals surface area (Å²) in [5.41, 5.74) is 1.62. The van der Waals surface area contributed by atoms with E-state index in [1.54, 1.807) is 12.1 Å². The number of hydrogen-bond donors (Lipinski definition) is 1. The first-order valence-corrected chi connectivity index (χ1v) is 11.9. The van der Waals surface area contributed by atoms with Gasteiger partial charge in [-0.3, -0.25) is 0 Å². The number of para-hydroxylation sites is 1. The van der Waals surface area contributed by atoms with E-state index in [1.165, 1.54) is 57.8 Å². The minimum atomic E-state index is -0.104. The zero-order chi connectivity index (χ0) is 19.5. The Morgan fingerprint density at radius 2 is 1.64 bits per heavy atom. The first-order chi connectivity index (χ1) is 13.4. The van der Waals surface area contributed by atoms with E-state index in [9.17, 15) is 4.39 Å². The second-order valence-electron chi connectivity index (χ2n) is 11.3. The summed E-state index contributed by atoms with van der Waals surface area (Å²) >= 11 is 0. The molecule has 0 aliphatic heterocycles. The highest BCUT2D eigenvalue weighted by atomic mass is 19.1. The first kappa shape index (κ1) is 18.9. The average Bonchev–Trinajstić information content (AvgIpc) is 3.01. The largest absolute Gasteiger partial charge is 0.379 e. The molecule has 2 heteroatoms. The lowest BCUT2D eigenvalue weighted by molar-refractivity contribution is -0.111. The highest BCUT2D eigenvalue weighted by Gasteiger charge is 2.60. The predicted octanol–water partition coefficient (Wildman–Crippen LogP) is 7.29. The predicted molar refractivity (Wildman–Crippen MR) is 115 cm³/mol. The Morgan fingerprint density at radius 1 is 0.893 bits per heavy atom. The summed E-state index contributed by atoms with van der Waals surface area (Å²) in [7, 11) is 0. The van der Waals surface area contributed by atoms with Crippen molar-refractivity contribution in [3.05, 3.63) is 30.1 Å². The van der Waals surface area contributed by atoms with E-state index in [1.807, 2.05) is 12.1 Å². The van der Waals surface area contributed by atoms with Gasteiger partial charge in [-0.15, -0.1) is 0 Å². The quantitative estimate of drug-likeness (QED) is 0.565. The minimum Gasteiger partial charge on any atom is -0.379 e. The zero-order valence-corrected chi connectivity index (χ0v) is 18.0. The maximum absolute atomic E-state index is 14.3. The van der Waals surface area contributed by atoms with Crippen LogP contribution < -0.4 is 5.32 Å². The van der Waals surface area contributed by atoms with Crippen LogP contribution in [0.2, 0.25) is 0 Å². The summed E-state index contributed by atoms with van der Waals surface area (Å²) in [4.78, 5) is 0. The Hall–Kier alpha value is -1.05. The lowest BCUT2D eigenvalue weighted by atomic mass is 9.44. The smallest absolute Gasteiger partial charge is 0.146 e. The van der Waals surface area contributed by atoms with Gasteiger partial charge in [-0.05, 0) is 104 Å². The molecule has 1 aromatic carbocycles. The van der Waals surface area contributed by atoms with E-state index in [-0.39, 0.29) is 5.82 Å². The van der Waals surface area contributed by atoms with Crippen molar-refractivity contribution in [1.82, 2.24) is 0 Å². The standard InChI is InChI=1S/C26H38FN/c1-17-12-14-25(2)18(16-17)8-9-19-20-10-11-24(26(20,3)15-13-21(19)25)28-23-7-5-4-6-22(23)27/h4-7,17-21,24,28H,8-16H2,1-3H3. The van der Waals surface area contributed by atoms with Gasteiger partial charge in [0.2, 0.25) is 0 Å². The van der Waals surface area contributed by atoms with Crippen molar-refractivity contribution >= 4 is 5.69 Å². The Kier molecular flexibility index (Phi) is 4.56. The van der Waals surface area contributed by atoms with Crippen molar-refractivity contribution in [2.75, 3.05) is 5.32 Å². The number of hydrogen-bond acceptors (Lipinski definition) is 1. The molecule has 154 valence electrons. The van der Waals surface area contributed by atoms with Crippen molar-refractivity contribution in [3.63, 3.8) is 0 Å². The number of benzene rings is 1. The third-order valence-electron chi connectivity index (χ3n) is 10.1. The van der Waals surface area contributed by atoms with Crippen LogP contribution in [0.15, 0.2) is 24.3 Å². The van der Waals surface area contributed by atoms with Gasteiger partial charge < -0.3 is 5.32 Å². The third kappa shape index (κ3) is 2.76. The summed E-state index contributed by atoms with van der Waals surface area (Å²) in [5, 5.41) is 3.64. The summed E-state index contributed by atoms with van der Waals surface area (Å²) in [6.07, 6.45) is 12.5. The van der Waals surface area contributed by atoms with Crippen LogP contribution in [-0.4, -0.2) is 6.04 Å². The Labute approximate surface area is 170 Å². The molecule has 8 atom stereocenters. The van der Waals surface area contributed by atoms with Crippen LogP contribution in [-0.2, 0) is 0 Å². The average molecular weight is 384 g/mol. The molecule has 8 unspecified atom stereocenters. The van der Waals surface area contributed by atoms with Gasteiger partial charge in [0.25, 0.3) is 0 Å². The summed E-state index contributed by atoms with van der Waals surface area (Å²) in [6, 6.07) is 7.65. The van der Waals surface area contributed by atoms with Crippen LogP contribution in [0.5, 0.6) is 0 Å². The molecule has 0 amide bonds. The maximum Gasteiger partial charge on any atom is 0.146 e. The van der Waals surface area contributed by atoms with Crippen molar-refractivity contribution < 1.29 is 4.39 Å². The van der Waals surface area contributed by atoms with Crippen molar-refractivity contribution in [1.29, 1.82) is 0 Å². The zero-order valence-electron chi connectivity index (χ0n) is 18.0. The summed E-state index contributed by atoms with van der Waals surface area (Å²) < 4.78 is 14.3. The molecule has 1 N–H and O–H groups in total. The lowest BCUT2D eigenvalue weighted by Gasteiger charge is -2.61. The molecule has 0 heterocycles. The molecule has 0 spiro atoms. The summed E-state index contributed by atoms with van der Waals surface area (Å²) in [6.45, 7) is 7.66. The monoisotopic (exact) mass is 383 g/mol. The fourth-order valence-corrected chi connectivity index (χ4v) is 8.48. The number of anilines is 1. The van der Waals surface area contributed by atoms with E-state index in [2.05, 4.69) is 26.1 Å². The van der Waals surface area contributed by atoms with E-state index in [0.717, 1.165) is 29.6 Å². The van der Waals surface area contributed by atoms with Gasteiger partial charge in [0.15, 0.2) is 0 Å². The topological polar surface area (TPSA) is 12.0 Å². The second-order valence-corrected chi connectivity index (χ2v) is 11.3. The molecule has 1 aromatic rings. The van der Waals surface area contributed by atoms with Crippen LogP contribution >= 0.6 is 0 Å². The SMILES string of the molecule is CC1CCC2(C)C(CCC3C2CCC2(C)C(Nc4ccccc4F)CCC32)C1. The van der Waals surface area contributed by atoms with Crippen molar-refractivity contribution in [2.45, 2.75) is 84.6 Å². The molecule has 4 aliphatic carbocycles. The highest BCUT2D eigenvalue weighted by Crippen LogP contribution is 2.66. The van der Waals surface area contributed by atoms with Gasteiger partial charge in [-0.1, -0.05) is 39.3 Å². The maximum atomic E-state index is 14.3. The van der Waals surface area contributed by atoms with Gasteiger partial charge in [0.1, 0.15) is 5.82 Å². The van der Waals surface area contributed by atoms with Crippen molar-refractivity contribution in [2.24, 2.45) is 40.4 Å². The molecule has 0 saturated heterocycles. The van der Waals surface area contributed by atoms with Gasteiger partial charge in [0, 0.05) is 6.04 Å². The molecule has 5 rings (SSSR count). The Balaban J connectivity index is 1.37. The van der Waals surface area contributed by atoms with Gasteiger partial charge in [-0.25, -0.2) is 4.39 Å². The summed E-state index contributed by atoms with van der Waals surface area (Å²) in [5.74, 6) is 4.46. The number of halogens is 1. The number of nitrogens with one attached hydrogen (secondary N) is 1. The van der Waals surface area contributed by atoms with Gasteiger partial charge >= 0.3 is 0 Å². The molecule has 0 aromatic heterocycles. The first-order valence-electron chi connectivity index (χ1n) is 11.9. The van der Waals surface area contributed by atoms with Crippen LogP contribution in [0.3, 0.4) is 0 Å². The van der Waals surface area contributed by atoms with Crippen LogP contribution in [0.4, 0.5) is 10.1 Å². The molecule has 1 nitrogen and oxygen atoms in total. The molecule has 28 heavy (non-hydrogen) atoms. The molecule has 0 bridgehead atoms. The molecule has 0 radical (unpaired) electrons. The normalized spacial score (nSPS) is 47.7. The highest BCUT2D eigenvalue weighted by molar-refractivity contribution is 5.46. The van der Waals surface area contributed by atoms with Gasteiger partial charge in [0.05, 0.1) is 5.69 Å². The molecular formula is C26H38FN. The molecule has 4 fully saturated rings. The number of rotatable bonds is 2.